The number of hydrogen-bond acceptors (Lipinski definition) is 3. The van der Waals surface area contributed by atoms with E-state index in [2.05, 4.69) is 5.32 Å². The molecule has 0 aromatic rings. The number of ether oxygens (including phenoxy) is 1. The number of hydrogen-bond donors (Lipinski definition) is 1. The van der Waals surface area contributed by atoms with Crippen LogP contribution in [-0.2, 0) is 14.3 Å². The van der Waals surface area contributed by atoms with Crippen LogP contribution in [0.2, 0.25) is 0 Å². The van der Waals surface area contributed by atoms with Crippen LogP contribution in [0.25, 0.3) is 0 Å². The largest absolute Gasteiger partial charge is 0.368 e. The number of morpholine rings is 1. The van der Waals surface area contributed by atoms with Gasteiger partial charge in [-0.15, -0.1) is 0 Å². The predicted octanol–water partition coefficient (Wildman–Crippen LogP) is 0.681. The Kier molecular flexibility index (Phi) is 3.61. The van der Waals surface area contributed by atoms with Crippen molar-refractivity contribution in [3.8, 4) is 0 Å². The van der Waals surface area contributed by atoms with E-state index in [4.69, 9.17) is 4.74 Å². The molecule has 1 aliphatic carbocycles. The fourth-order valence-electron chi connectivity index (χ4n) is 2.88. The van der Waals surface area contributed by atoms with Gasteiger partial charge in [-0.2, -0.15) is 0 Å². The summed E-state index contributed by atoms with van der Waals surface area (Å²) in [5.41, 5.74) is -0.108. The lowest BCUT2D eigenvalue weighted by molar-refractivity contribution is -0.191. The van der Waals surface area contributed by atoms with Crippen LogP contribution in [0.3, 0.4) is 0 Å². The number of carbonyl (C=O) groups is 2. The smallest absolute Gasteiger partial charge is 0.245 e. The summed E-state index contributed by atoms with van der Waals surface area (Å²) in [6.07, 6.45) is 3.33. The van der Waals surface area contributed by atoms with Crippen LogP contribution in [0.5, 0.6) is 0 Å². The summed E-state index contributed by atoms with van der Waals surface area (Å²) < 4.78 is 5.97. The van der Waals surface area contributed by atoms with Gasteiger partial charge in [-0.1, -0.05) is 0 Å². The number of carbonyl (C=O) groups excluding carboxylic acids is 2. The highest BCUT2D eigenvalue weighted by atomic mass is 16.5. The summed E-state index contributed by atoms with van der Waals surface area (Å²) in [6.45, 7) is 6.45. The zero-order valence-corrected chi connectivity index (χ0v) is 11.4. The maximum atomic E-state index is 12.3. The van der Waals surface area contributed by atoms with E-state index in [9.17, 15) is 9.59 Å². The van der Waals surface area contributed by atoms with Crippen molar-refractivity contribution in [1.82, 2.24) is 10.2 Å². The molecule has 0 bridgehead atoms. The highest BCUT2D eigenvalue weighted by molar-refractivity contribution is 5.86. The van der Waals surface area contributed by atoms with Crippen LogP contribution in [-0.4, -0.2) is 47.6 Å². The molecule has 0 radical (unpaired) electrons. The molecule has 1 aliphatic heterocycles. The van der Waals surface area contributed by atoms with Gasteiger partial charge in [0.05, 0.1) is 11.7 Å². The van der Waals surface area contributed by atoms with Gasteiger partial charge < -0.3 is 15.0 Å². The standard InChI is InChI=1S/C13H22N2O3/c1-9-7-15(8-13(18-9)5-4-6-13)12(17)10(2)14-11(3)16/h9-10H,4-8H2,1-3H3,(H,14,16). The minimum absolute atomic E-state index is 0.00775. The molecule has 18 heavy (non-hydrogen) atoms. The summed E-state index contributed by atoms with van der Waals surface area (Å²) >= 11 is 0. The van der Waals surface area contributed by atoms with Gasteiger partial charge >= 0.3 is 0 Å². The van der Waals surface area contributed by atoms with Gasteiger partial charge in [0, 0.05) is 20.0 Å². The quantitative estimate of drug-likeness (QED) is 0.788. The summed E-state index contributed by atoms with van der Waals surface area (Å²) in [5, 5.41) is 2.65. The molecule has 2 unspecified atom stereocenters. The van der Waals surface area contributed by atoms with Crippen molar-refractivity contribution < 1.29 is 14.3 Å². The Balaban J connectivity index is 1.98. The van der Waals surface area contributed by atoms with Crippen LogP contribution < -0.4 is 5.32 Å². The molecule has 2 aliphatic rings. The van der Waals surface area contributed by atoms with Crippen molar-refractivity contribution in [2.45, 2.75) is 57.8 Å². The average Bonchev–Trinajstić information content (AvgIpc) is 2.24. The van der Waals surface area contributed by atoms with E-state index in [1.807, 2.05) is 11.8 Å². The van der Waals surface area contributed by atoms with Crippen molar-refractivity contribution in [1.29, 1.82) is 0 Å². The SMILES string of the molecule is CC(=O)NC(C)C(=O)N1CC(C)OC2(CCC2)C1. The van der Waals surface area contributed by atoms with Crippen molar-refractivity contribution in [3.05, 3.63) is 0 Å². The number of nitrogens with zero attached hydrogens (tertiary/aromatic N) is 1. The lowest BCUT2D eigenvalue weighted by atomic mass is 9.78. The second-order valence-electron chi connectivity index (χ2n) is 5.61. The van der Waals surface area contributed by atoms with Gasteiger partial charge in [-0.25, -0.2) is 0 Å². The predicted molar refractivity (Wildman–Crippen MR) is 67.0 cm³/mol. The molecule has 5 heteroatoms. The van der Waals surface area contributed by atoms with E-state index in [1.54, 1.807) is 6.92 Å². The first-order chi connectivity index (χ1) is 8.42. The molecule has 1 heterocycles. The third-order valence-corrected chi connectivity index (χ3v) is 3.77. The molecule has 0 aromatic carbocycles. The molecule has 5 nitrogen and oxygen atoms in total. The third-order valence-electron chi connectivity index (χ3n) is 3.77. The molecule has 1 saturated carbocycles. The maximum Gasteiger partial charge on any atom is 0.245 e. The number of nitrogens with one attached hydrogen (secondary N) is 1. The monoisotopic (exact) mass is 254 g/mol. The van der Waals surface area contributed by atoms with Gasteiger partial charge in [0.15, 0.2) is 0 Å². The first kappa shape index (κ1) is 13.3. The van der Waals surface area contributed by atoms with Crippen molar-refractivity contribution >= 4 is 11.8 Å². The zero-order chi connectivity index (χ0) is 13.3. The zero-order valence-electron chi connectivity index (χ0n) is 11.4. The lowest BCUT2D eigenvalue weighted by Crippen LogP contribution is -2.61. The molecule has 1 spiro atoms. The highest BCUT2D eigenvalue weighted by Crippen LogP contribution is 2.39. The van der Waals surface area contributed by atoms with Gasteiger partial charge in [-0.3, -0.25) is 9.59 Å². The summed E-state index contributed by atoms with van der Waals surface area (Å²) in [6, 6.07) is -0.454. The summed E-state index contributed by atoms with van der Waals surface area (Å²) in [7, 11) is 0. The molecular formula is C13H22N2O3. The van der Waals surface area contributed by atoms with Crippen LogP contribution >= 0.6 is 0 Å². The second kappa shape index (κ2) is 4.88. The highest BCUT2D eigenvalue weighted by Gasteiger charge is 2.45. The molecule has 1 saturated heterocycles. The minimum atomic E-state index is -0.454. The van der Waals surface area contributed by atoms with Gasteiger partial charge in [0.2, 0.25) is 11.8 Å². The van der Waals surface area contributed by atoms with E-state index in [-0.39, 0.29) is 23.5 Å². The Bertz CT molecular complexity index is 352. The van der Waals surface area contributed by atoms with Crippen LogP contribution in [0.15, 0.2) is 0 Å². The van der Waals surface area contributed by atoms with E-state index < -0.39 is 6.04 Å². The van der Waals surface area contributed by atoms with Gasteiger partial charge in [0.25, 0.3) is 0 Å². The Morgan fingerprint density at radius 3 is 2.61 bits per heavy atom. The van der Waals surface area contributed by atoms with Crippen molar-refractivity contribution in [3.63, 3.8) is 0 Å². The minimum Gasteiger partial charge on any atom is -0.368 e. The molecule has 2 rings (SSSR count). The Hall–Kier alpha value is -1.10. The first-order valence-corrected chi connectivity index (χ1v) is 6.66. The third kappa shape index (κ3) is 2.66. The molecule has 2 amide bonds. The van der Waals surface area contributed by atoms with Crippen LogP contribution in [0.4, 0.5) is 0 Å². The van der Waals surface area contributed by atoms with E-state index in [0.29, 0.717) is 13.1 Å². The Morgan fingerprint density at radius 2 is 2.11 bits per heavy atom. The van der Waals surface area contributed by atoms with Crippen LogP contribution in [0.1, 0.15) is 40.0 Å². The summed E-state index contributed by atoms with van der Waals surface area (Å²) in [4.78, 5) is 25.1. The Morgan fingerprint density at radius 1 is 1.44 bits per heavy atom. The van der Waals surface area contributed by atoms with Gasteiger partial charge in [-0.05, 0) is 33.1 Å². The molecule has 1 N–H and O–H groups in total. The average molecular weight is 254 g/mol. The molecule has 2 atom stereocenters. The summed E-state index contributed by atoms with van der Waals surface area (Å²) in [5.74, 6) is -0.179. The first-order valence-electron chi connectivity index (χ1n) is 6.66. The number of rotatable bonds is 2. The molecule has 2 fully saturated rings. The fraction of sp³-hybridized carbons (Fsp3) is 0.846. The topological polar surface area (TPSA) is 58.6 Å². The molecule has 102 valence electrons. The lowest BCUT2D eigenvalue weighted by Gasteiger charge is -2.51. The van der Waals surface area contributed by atoms with Gasteiger partial charge in [0.1, 0.15) is 6.04 Å². The normalized spacial score (nSPS) is 27.5. The van der Waals surface area contributed by atoms with E-state index >= 15 is 0 Å². The number of amides is 2. The molecular weight excluding hydrogens is 232 g/mol. The second-order valence-corrected chi connectivity index (χ2v) is 5.61. The van der Waals surface area contributed by atoms with Crippen molar-refractivity contribution in [2.75, 3.05) is 13.1 Å². The van der Waals surface area contributed by atoms with E-state index in [0.717, 1.165) is 12.8 Å². The molecule has 0 aromatic heterocycles. The van der Waals surface area contributed by atoms with Crippen molar-refractivity contribution in [2.24, 2.45) is 0 Å². The maximum absolute atomic E-state index is 12.3. The van der Waals surface area contributed by atoms with E-state index in [1.165, 1.54) is 13.3 Å². The fourth-order valence-corrected chi connectivity index (χ4v) is 2.88. The van der Waals surface area contributed by atoms with Crippen LogP contribution in [0, 0.1) is 0 Å². The Labute approximate surface area is 108 Å².